The van der Waals surface area contributed by atoms with Crippen LogP contribution >= 0.6 is 22.6 Å². The van der Waals surface area contributed by atoms with E-state index < -0.39 is 4.92 Å². The van der Waals surface area contributed by atoms with E-state index in [1.54, 1.807) is 18.3 Å². The number of pyridine rings is 1. The summed E-state index contributed by atoms with van der Waals surface area (Å²) in [6.45, 7) is 2.25. The van der Waals surface area contributed by atoms with Crippen LogP contribution in [0.5, 0.6) is 17.4 Å². The fourth-order valence-corrected chi connectivity index (χ4v) is 5.41. The highest BCUT2D eigenvalue weighted by Crippen LogP contribution is 2.37. The van der Waals surface area contributed by atoms with E-state index in [9.17, 15) is 14.9 Å². The van der Waals surface area contributed by atoms with Crippen LogP contribution in [0.1, 0.15) is 56.3 Å². The average Bonchev–Trinajstić information content (AvgIpc) is 2.95. The Kier molecular flexibility index (Phi) is 8.15. The minimum atomic E-state index is -0.518. The molecule has 10 nitrogen and oxygen atoms in total. The fraction of sp³-hybridized carbons (Fsp3) is 0.286. The molecule has 0 bridgehead atoms. The lowest BCUT2D eigenvalue weighted by molar-refractivity contribution is -0.385. The molecule has 0 amide bonds. The van der Waals surface area contributed by atoms with Crippen LogP contribution in [0.15, 0.2) is 64.6 Å². The van der Waals surface area contributed by atoms with Gasteiger partial charge in [0.2, 0.25) is 5.88 Å². The summed E-state index contributed by atoms with van der Waals surface area (Å²) < 4.78 is 13.9. The van der Waals surface area contributed by atoms with Crippen molar-refractivity contribution >= 4 is 45.4 Å². The van der Waals surface area contributed by atoms with Gasteiger partial charge in [-0.1, -0.05) is 31.4 Å². The van der Waals surface area contributed by atoms with Crippen molar-refractivity contribution < 1.29 is 14.4 Å². The molecular formula is C28H26IN5O5. The third kappa shape index (κ3) is 5.92. The maximum absolute atomic E-state index is 13.5. The van der Waals surface area contributed by atoms with Crippen LogP contribution in [-0.4, -0.2) is 32.4 Å². The van der Waals surface area contributed by atoms with Crippen molar-refractivity contribution in [2.45, 2.75) is 44.9 Å². The number of rotatable bonds is 8. The van der Waals surface area contributed by atoms with E-state index in [0.717, 1.165) is 35.5 Å². The van der Waals surface area contributed by atoms with E-state index in [4.69, 9.17) is 14.5 Å². The van der Waals surface area contributed by atoms with E-state index in [1.165, 1.54) is 23.2 Å². The Hall–Kier alpha value is -3.87. The van der Waals surface area contributed by atoms with Crippen LogP contribution in [-0.2, 0) is 0 Å². The summed E-state index contributed by atoms with van der Waals surface area (Å²) in [6.07, 6.45) is 8.15. The molecule has 0 saturated heterocycles. The summed E-state index contributed by atoms with van der Waals surface area (Å²) in [6, 6.07) is 13.8. The smallest absolute Gasteiger partial charge is 0.287 e. The summed E-state index contributed by atoms with van der Waals surface area (Å²) >= 11 is 2.13. The van der Waals surface area contributed by atoms with Gasteiger partial charge in [-0.3, -0.25) is 14.9 Å². The molecule has 5 rings (SSSR count). The molecular weight excluding hydrogens is 613 g/mol. The summed E-state index contributed by atoms with van der Waals surface area (Å²) in [7, 11) is 0. The molecule has 2 heterocycles. The third-order valence-corrected chi connectivity index (χ3v) is 7.34. The summed E-state index contributed by atoms with van der Waals surface area (Å²) in [4.78, 5) is 32.8. The van der Waals surface area contributed by atoms with Crippen molar-refractivity contribution in [3.63, 3.8) is 0 Å². The number of para-hydroxylation sites is 1. The molecule has 200 valence electrons. The summed E-state index contributed by atoms with van der Waals surface area (Å²) in [5.74, 6) is 1.97. The van der Waals surface area contributed by atoms with Gasteiger partial charge in [-0.15, -0.1) is 0 Å². The molecule has 1 fully saturated rings. The predicted molar refractivity (Wildman–Crippen MR) is 156 cm³/mol. The SMILES string of the molecule is CCOc1cc(C=Nn2c(C3CCCCC3)nc3ccccc3c2=O)cc(I)c1Oc1ccc([N+](=O)[O-])cn1. The monoisotopic (exact) mass is 639 g/mol. The molecule has 0 N–H and O–H groups in total. The molecule has 0 aliphatic heterocycles. The topological polar surface area (TPSA) is 122 Å². The zero-order valence-electron chi connectivity index (χ0n) is 21.2. The number of ether oxygens (including phenoxy) is 2. The number of hydrogen-bond donors (Lipinski definition) is 0. The average molecular weight is 639 g/mol. The van der Waals surface area contributed by atoms with Gasteiger partial charge in [0.15, 0.2) is 11.5 Å². The van der Waals surface area contributed by atoms with Gasteiger partial charge in [-0.05, 0) is 72.2 Å². The minimum Gasteiger partial charge on any atom is -0.490 e. The number of benzene rings is 2. The first-order valence-electron chi connectivity index (χ1n) is 12.7. The van der Waals surface area contributed by atoms with Gasteiger partial charge >= 0.3 is 0 Å². The maximum atomic E-state index is 13.5. The molecule has 2 aromatic heterocycles. The first-order valence-corrected chi connectivity index (χ1v) is 13.8. The molecule has 1 aliphatic rings. The lowest BCUT2D eigenvalue weighted by Gasteiger charge is -2.22. The van der Waals surface area contributed by atoms with Crippen LogP contribution in [0.25, 0.3) is 10.9 Å². The largest absolute Gasteiger partial charge is 0.490 e. The van der Waals surface area contributed by atoms with Crippen molar-refractivity contribution in [1.82, 2.24) is 14.6 Å². The molecule has 39 heavy (non-hydrogen) atoms. The van der Waals surface area contributed by atoms with Gasteiger partial charge in [0.1, 0.15) is 12.0 Å². The Balaban J connectivity index is 1.51. The zero-order valence-corrected chi connectivity index (χ0v) is 23.4. The number of aromatic nitrogens is 3. The third-order valence-electron chi connectivity index (χ3n) is 6.54. The zero-order chi connectivity index (χ0) is 27.4. The first kappa shape index (κ1) is 26.7. The van der Waals surface area contributed by atoms with Crippen molar-refractivity contribution in [1.29, 1.82) is 0 Å². The molecule has 1 saturated carbocycles. The lowest BCUT2D eigenvalue weighted by Crippen LogP contribution is -2.25. The Labute approximate surface area is 238 Å². The van der Waals surface area contributed by atoms with Gasteiger partial charge in [-0.2, -0.15) is 9.78 Å². The molecule has 4 aromatic rings. The van der Waals surface area contributed by atoms with Gasteiger partial charge in [0.05, 0.1) is 32.2 Å². The summed E-state index contributed by atoms with van der Waals surface area (Å²) in [5.41, 5.74) is 1.08. The standard InChI is InChI=1S/C28H26IN5O5/c1-2-38-24-15-18(14-22(29)26(24)39-25-13-12-20(17-30-25)34(36)37)16-31-33-27(19-8-4-3-5-9-19)32-23-11-7-6-10-21(23)28(33)35/h6-7,10-17,19H,2-5,8-9H2,1H3. The normalized spacial score (nSPS) is 14.1. The molecule has 0 radical (unpaired) electrons. The molecule has 2 aromatic carbocycles. The van der Waals surface area contributed by atoms with Crippen molar-refractivity contribution in [3.8, 4) is 17.4 Å². The van der Waals surface area contributed by atoms with Crippen LogP contribution < -0.4 is 15.0 Å². The number of hydrogen-bond acceptors (Lipinski definition) is 8. The Morgan fingerprint density at radius 3 is 2.69 bits per heavy atom. The van der Waals surface area contributed by atoms with Crippen LogP contribution in [0.3, 0.4) is 0 Å². The maximum Gasteiger partial charge on any atom is 0.287 e. The molecule has 1 aliphatic carbocycles. The lowest BCUT2D eigenvalue weighted by atomic mass is 9.88. The van der Waals surface area contributed by atoms with Gasteiger partial charge in [-0.25, -0.2) is 9.97 Å². The van der Waals surface area contributed by atoms with Crippen molar-refractivity contribution in [2.75, 3.05) is 6.61 Å². The number of halogens is 1. The number of fused-ring (bicyclic) bond motifs is 1. The second-order valence-corrected chi connectivity index (χ2v) is 10.3. The van der Waals surface area contributed by atoms with E-state index in [0.29, 0.717) is 40.4 Å². The molecule has 0 unspecified atom stereocenters. The van der Waals surface area contributed by atoms with E-state index >= 15 is 0 Å². The van der Waals surface area contributed by atoms with Gasteiger partial charge in [0, 0.05) is 18.1 Å². The Morgan fingerprint density at radius 2 is 1.97 bits per heavy atom. The van der Waals surface area contributed by atoms with Crippen LogP contribution in [0.2, 0.25) is 0 Å². The highest BCUT2D eigenvalue weighted by atomic mass is 127. The van der Waals surface area contributed by atoms with Crippen molar-refractivity contribution in [2.24, 2.45) is 5.10 Å². The number of nitro groups is 1. The first-order chi connectivity index (χ1) is 18.9. The number of nitrogens with zero attached hydrogens (tertiary/aromatic N) is 5. The van der Waals surface area contributed by atoms with Crippen molar-refractivity contribution in [3.05, 3.63) is 90.2 Å². The van der Waals surface area contributed by atoms with E-state index in [1.807, 2.05) is 31.2 Å². The Morgan fingerprint density at radius 1 is 1.18 bits per heavy atom. The van der Waals surface area contributed by atoms with Crippen LogP contribution in [0.4, 0.5) is 5.69 Å². The van der Waals surface area contributed by atoms with Gasteiger partial charge < -0.3 is 9.47 Å². The van der Waals surface area contributed by atoms with E-state index in [-0.39, 0.29) is 23.0 Å². The predicted octanol–water partition coefficient (Wildman–Crippen LogP) is 6.43. The van der Waals surface area contributed by atoms with Gasteiger partial charge in [0.25, 0.3) is 11.2 Å². The molecule has 0 atom stereocenters. The highest BCUT2D eigenvalue weighted by molar-refractivity contribution is 14.1. The van der Waals surface area contributed by atoms with Crippen LogP contribution in [0, 0.1) is 13.7 Å². The minimum absolute atomic E-state index is 0.125. The van der Waals surface area contributed by atoms with E-state index in [2.05, 4.69) is 32.7 Å². The second kappa shape index (κ2) is 11.9. The summed E-state index contributed by atoms with van der Waals surface area (Å²) in [5, 5.41) is 16.1. The highest BCUT2D eigenvalue weighted by Gasteiger charge is 2.22. The Bertz CT molecular complexity index is 1600. The quantitative estimate of drug-likeness (QED) is 0.0944. The molecule has 0 spiro atoms. The molecule has 11 heteroatoms. The fourth-order valence-electron chi connectivity index (χ4n) is 4.67. The second-order valence-electron chi connectivity index (χ2n) is 9.16.